The van der Waals surface area contributed by atoms with Crippen molar-refractivity contribution in [1.82, 2.24) is 4.90 Å². The topological polar surface area (TPSA) is 29.5 Å². The maximum atomic E-state index is 11.5. The summed E-state index contributed by atoms with van der Waals surface area (Å²) < 4.78 is 5.22. The van der Waals surface area contributed by atoms with Crippen LogP contribution in [0.15, 0.2) is 0 Å². The van der Waals surface area contributed by atoms with Gasteiger partial charge in [0.15, 0.2) is 0 Å². The summed E-state index contributed by atoms with van der Waals surface area (Å²) in [4.78, 5) is 13.2. The lowest BCUT2D eigenvalue weighted by atomic mass is 10.4. The Kier molecular flexibility index (Phi) is 6.87. The molecule has 0 atom stereocenters. The lowest BCUT2D eigenvalue weighted by molar-refractivity contribution is -0.137. The second-order valence-corrected chi connectivity index (χ2v) is 3.38. The van der Waals surface area contributed by atoms with E-state index in [-0.39, 0.29) is 18.6 Å². The number of hydrogen-bond acceptors (Lipinski definition) is 2. The van der Waals surface area contributed by atoms with Crippen molar-refractivity contribution < 1.29 is 9.53 Å². The Morgan fingerprint density at radius 1 is 1.57 bits per heavy atom. The highest BCUT2D eigenvalue weighted by molar-refractivity contribution is 5.77. The SMILES string of the molecule is C#CCN(CCC)C(=O)COC(C)C. The Bertz CT molecular complexity index is 206. The highest BCUT2D eigenvalue weighted by Gasteiger charge is 2.11. The monoisotopic (exact) mass is 197 g/mol. The molecule has 0 saturated carbocycles. The lowest BCUT2D eigenvalue weighted by Gasteiger charge is -2.19. The number of amides is 1. The minimum Gasteiger partial charge on any atom is -0.369 e. The third-order valence-corrected chi connectivity index (χ3v) is 1.67. The van der Waals surface area contributed by atoms with E-state index in [0.717, 1.165) is 6.42 Å². The van der Waals surface area contributed by atoms with Crippen molar-refractivity contribution in [3.63, 3.8) is 0 Å². The molecular formula is C11H19NO2. The Balaban J connectivity index is 3.96. The first-order valence-electron chi connectivity index (χ1n) is 4.94. The van der Waals surface area contributed by atoms with Gasteiger partial charge in [0.05, 0.1) is 12.6 Å². The highest BCUT2D eigenvalue weighted by Crippen LogP contribution is 1.95. The van der Waals surface area contributed by atoms with Crippen LogP contribution >= 0.6 is 0 Å². The molecule has 0 heterocycles. The molecule has 0 saturated heterocycles. The number of carbonyl (C=O) groups excluding carboxylic acids is 1. The fraction of sp³-hybridized carbons (Fsp3) is 0.727. The van der Waals surface area contributed by atoms with Crippen molar-refractivity contribution in [1.29, 1.82) is 0 Å². The van der Waals surface area contributed by atoms with E-state index in [1.165, 1.54) is 0 Å². The van der Waals surface area contributed by atoms with Gasteiger partial charge in [-0.25, -0.2) is 0 Å². The van der Waals surface area contributed by atoms with E-state index in [1.807, 2.05) is 20.8 Å². The van der Waals surface area contributed by atoms with E-state index in [9.17, 15) is 4.79 Å². The third-order valence-electron chi connectivity index (χ3n) is 1.67. The molecule has 0 N–H and O–H groups in total. The van der Waals surface area contributed by atoms with E-state index >= 15 is 0 Å². The first kappa shape index (κ1) is 13.0. The summed E-state index contributed by atoms with van der Waals surface area (Å²) in [5.41, 5.74) is 0. The summed E-state index contributed by atoms with van der Waals surface area (Å²) in [6.45, 7) is 7.01. The molecule has 3 heteroatoms. The van der Waals surface area contributed by atoms with Gasteiger partial charge in [0.25, 0.3) is 0 Å². The van der Waals surface area contributed by atoms with E-state index in [1.54, 1.807) is 4.90 Å². The number of terminal acetylenes is 1. The predicted octanol–water partition coefficient (Wildman–Crippen LogP) is 1.28. The summed E-state index contributed by atoms with van der Waals surface area (Å²) in [6.07, 6.45) is 6.16. The average Bonchev–Trinajstić information content (AvgIpc) is 2.14. The van der Waals surface area contributed by atoms with Crippen molar-refractivity contribution in [3.8, 4) is 12.3 Å². The van der Waals surface area contributed by atoms with Crippen molar-refractivity contribution >= 4 is 5.91 Å². The number of carbonyl (C=O) groups is 1. The van der Waals surface area contributed by atoms with Crippen LogP contribution in [0.1, 0.15) is 27.2 Å². The predicted molar refractivity (Wildman–Crippen MR) is 56.8 cm³/mol. The van der Waals surface area contributed by atoms with E-state index in [4.69, 9.17) is 11.2 Å². The summed E-state index contributed by atoms with van der Waals surface area (Å²) in [6, 6.07) is 0. The molecule has 0 aromatic carbocycles. The smallest absolute Gasteiger partial charge is 0.249 e. The molecule has 0 rings (SSSR count). The van der Waals surface area contributed by atoms with Crippen molar-refractivity contribution in [3.05, 3.63) is 0 Å². The molecule has 0 bridgehead atoms. The van der Waals surface area contributed by atoms with Gasteiger partial charge in [0, 0.05) is 6.54 Å². The van der Waals surface area contributed by atoms with Gasteiger partial charge in [-0.3, -0.25) is 4.79 Å². The zero-order valence-corrected chi connectivity index (χ0v) is 9.25. The largest absolute Gasteiger partial charge is 0.369 e. The first-order valence-corrected chi connectivity index (χ1v) is 4.94. The van der Waals surface area contributed by atoms with Crippen molar-refractivity contribution in [2.24, 2.45) is 0 Å². The van der Waals surface area contributed by atoms with E-state index in [2.05, 4.69) is 5.92 Å². The zero-order chi connectivity index (χ0) is 11.0. The van der Waals surface area contributed by atoms with Crippen LogP contribution < -0.4 is 0 Å². The molecule has 3 nitrogen and oxygen atoms in total. The Morgan fingerprint density at radius 3 is 2.64 bits per heavy atom. The van der Waals surface area contributed by atoms with Gasteiger partial charge in [-0.1, -0.05) is 12.8 Å². The second-order valence-electron chi connectivity index (χ2n) is 3.38. The molecule has 80 valence electrons. The molecule has 0 spiro atoms. The molecule has 0 aliphatic heterocycles. The minimum atomic E-state index is -0.0292. The number of rotatable bonds is 6. The Labute approximate surface area is 86.4 Å². The minimum absolute atomic E-state index is 0.0292. The van der Waals surface area contributed by atoms with Gasteiger partial charge in [-0.2, -0.15) is 0 Å². The summed E-state index contributed by atoms with van der Waals surface area (Å²) in [5, 5.41) is 0. The van der Waals surface area contributed by atoms with Gasteiger partial charge >= 0.3 is 0 Å². The third kappa shape index (κ3) is 5.60. The highest BCUT2D eigenvalue weighted by atomic mass is 16.5. The molecule has 14 heavy (non-hydrogen) atoms. The lowest BCUT2D eigenvalue weighted by Crippen LogP contribution is -2.35. The van der Waals surface area contributed by atoms with Gasteiger partial charge in [0.2, 0.25) is 5.91 Å². The molecule has 0 radical (unpaired) electrons. The van der Waals surface area contributed by atoms with Crippen LogP contribution in [0.25, 0.3) is 0 Å². The number of ether oxygens (including phenoxy) is 1. The summed E-state index contributed by atoms with van der Waals surface area (Å²) in [5.74, 6) is 2.44. The Hall–Kier alpha value is -1.01. The maximum absolute atomic E-state index is 11.5. The fourth-order valence-electron chi connectivity index (χ4n) is 1.00. The van der Waals surface area contributed by atoms with Crippen molar-refractivity contribution in [2.75, 3.05) is 19.7 Å². The number of hydrogen-bond donors (Lipinski definition) is 0. The molecule has 0 aliphatic carbocycles. The van der Waals surface area contributed by atoms with Crippen LogP contribution in [0.5, 0.6) is 0 Å². The first-order chi connectivity index (χ1) is 6.61. The standard InChI is InChI=1S/C11H19NO2/c1-5-7-12(8-6-2)11(13)9-14-10(3)4/h1,10H,6-9H2,2-4H3. The normalized spacial score (nSPS) is 9.93. The fourth-order valence-corrected chi connectivity index (χ4v) is 1.00. The molecular weight excluding hydrogens is 178 g/mol. The van der Waals surface area contributed by atoms with E-state index < -0.39 is 0 Å². The molecule has 0 unspecified atom stereocenters. The van der Waals surface area contributed by atoms with Crippen LogP contribution in [0.4, 0.5) is 0 Å². The molecule has 0 aromatic heterocycles. The van der Waals surface area contributed by atoms with Crippen LogP contribution in [-0.2, 0) is 9.53 Å². The van der Waals surface area contributed by atoms with Gasteiger partial charge in [0.1, 0.15) is 6.61 Å². The maximum Gasteiger partial charge on any atom is 0.249 e. The average molecular weight is 197 g/mol. The molecule has 1 amide bonds. The second kappa shape index (κ2) is 7.40. The quantitative estimate of drug-likeness (QED) is 0.600. The van der Waals surface area contributed by atoms with Crippen molar-refractivity contribution in [2.45, 2.75) is 33.3 Å². The van der Waals surface area contributed by atoms with Crippen LogP contribution in [0.3, 0.4) is 0 Å². The van der Waals surface area contributed by atoms with Crippen LogP contribution in [-0.4, -0.2) is 36.6 Å². The van der Waals surface area contributed by atoms with Gasteiger partial charge in [-0.15, -0.1) is 6.42 Å². The van der Waals surface area contributed by atoms with Crippen LogP contribution in [0, 0.1) is 12.3 Å². The zero-order valence-electron chi connectivity index (χ0n) is 9.25. The van der Waals surface area contributed by atoms with Gasteiger partial charge < -0.3 is 9.64 Å². The molecule has 0 fully saturated rings. The number of nitrogens with zero attached hydrogens (tertiary/aromatic N) is 1. The summed E-state index contributed by atoms with van der Waals surface area (Å²) in [7, 11) is 0. The molecule has 0 aromatic rings. The summed E-state index contributed by atoms with van der Waals surface area (Å²) >= 11 is 0. The Morgan fingerprint density at radius 2 is 2.21 bits per heavy atom. The van der Waals surface area contributed by atoms with Crippen LogP contribution in [0.2, 0.25) is 0 Å². The van der Waals surface area contributed by atoms with Gasteiger partial charge in [-0.05, 0) is 20.3 Å². The van der Waals surface area contributed by atoms with E-state index in [0.29, 0.717) is 13.1 Å². The molecule has 0 aliphatic rings.